The lowest BCUT2D eigenvalue weighted by atomic mass is 9.83. The van der Waals surface area contributed by atoms with Crippen molar-refractivity contribution >= 4 is 6.09 Å². The van der Waals surface area contributed by atoms with Gasteiger partial charge < -0.3 is 14.7 Å². The van der Waals surface area contributed by atoms with E-state index in [2.05, 4.69) is 0 Å². The second-order valence-corrected chi connectivity index (χ2v) is 5.82. The fourth-order valence-corrected chi connectivity index (χ4v) is 2.50. The van der Waals surface area contributed by atoms with Gasteiger partial charge >= 0.3 is 6.09 Å². The second kappa shape index (κ2) is 6.27. The highest BCUT2D eigenvalue weighted by Gasteiger charge is 2.38. The van der Waals surface area contributed by atoms with E-state index in [4.69, 9.17) is 4.74 Å². The minimum absolute atomic E-state index is 0.132. The number of carbonyl (C=O) groups excluding carboxylic acids is 1. The predicted octanol–water partition coefficient (Wildman–Crippen LogP) is 2.81. The van der Waals surface area contributed by atoms with Crippen molar-refractivity contribution in [2.45, 2.75) is 38.9 Å². The van der Waals surface area contributed by atoms with Crippen LogP contribution >= 0.6 is 0 Å². The Bertz CT molecular complexity index is 446. The van der Waals surface area contributed by atoms with Crippen molar-refractivity contribution in [2.75, 3.05) is 13.1 Å². The van der Waals surface area contributed by atoms with Crippen molar-refractivity contribution < 1.29 is 14.6 Å². The Morgan fingerprint density at radius 1 is 1.40 bits per heavy atom. The highest BCUT2D eigenvalue weighted by molar-refractivity contribution is 5.67. The zero-order valence-corrected chi connectivity index (χ0v) is 12.2. The fourth-order valence-electron chi connectivity index (χ4n) is 2.50. The lowest BCUT2D eigenvalue weighted by molar-refractivity contribution is -0.0619. The van der Waals surface area contributed by atoms with Crippen LogP contribution in [0.15, 0.2) is 30.3 Å². The lowest BCUT2D eigenvalue weighted by Crippen LogP contribution is -2.53. The van der Waals surface area contributed by atoms with Gasteiger partial charge in [0.25, 0.3) is 0 Å². The molecule has 1 N–H and O–H groups in total. The van der Waals surface area contributed by atoms with E-state index < -0.39 is 5.60 Å². The highest BCUT2D eigenvalue weighted by Crippen LogP contribution is 2.28. The summed E-state index contributed by atoms with van der Waals surface area (Å²) in [5.41, 5.74) is 0.182. The minimum atomic E-state index is -0.788. The summed E-state index contributed by atoms with van der Waals surface area (Å²) in [6, 6.07) is 9.61. The van der Waals surface area contributed by atoms with Gasteiger partial charge in [-0.15, -0.1) is 0 Å². The monoisotopic (exact) mass is 277 g/mol. The normalized spacial score (nSPS) is 22.9. The second-order valence-electron chi connectivity index (χ2n) is 5.82. The summed E-state index contributed by atoms with van der Waals surface area (Å²) in [6.45, 7) is 5.26. The Kier molecular flexibility index (Phi) is 4.65. The van der Waals surface area contributed by atoms with Crippen molar-refractivity contribution in [3.63, 3.8) is 0 Å². The molecule has 1 heterocycles. The SMILES string of the molecule is CC(C)C1(O)CCCN(C(=O)OCc2ccccc2)C1. The molecule has 1 amide bonds. The van der Waals surface area contributed by atoms with E-state index in [-0.39, 0.29) is 18.6 Å². The Balaban J connectivity index is 1.89. The number of benzene rings is 1. The van der Waals surface area contributed by atoms with Crippen LogP contribution in [0, 0.1) is 5.92 Å². The molecule has 1 aromatic carbocycles. The molecule has 20 heavy (non-hydrogen) atoms. The van der Waals surface area contributed by atoms with Crippen LogP contribution in [0.25, 0.3) is 0 Å². The number of rotatable bonds is 3. The highest BCUT2D eigenvalue weighted by atomic mass is 16.6. The molecule has 1 unspecified atom stereocenters. The van der Waals surface area contributed by atoms with E-state index >= 15 is 0 Å². The molecular weight excluding hydrogens is 254 g/mol. The number of aliphatic hydroxyl groups is 1. The van der Waals surface area contributed by atoms with Gasteiger partial charge in [0.05, 0.1) is 12.1 Å². The number of hydrogen-bond donors (Lipinski definition) is 1. The molecular formula is C16H23NO3. The Morgan fingerprint density at radius 2 is 2.10 bits per heavy atom. The molecule has 1 aliphatic heterocycles. The summed E-state index contributed by atoms with van der Waals surface area (Å²) in [5, 5.41) is 10.5. The zero-order chi connectivity index (χ0) is 14.6. The van der Waals surface area contributed by atoms with Crippen LogP contribution in [0.1, 0.15) is 32.3 Å². The van der Waals surface area contributed by atoms with E-state index in [1.807, 2.05) is 44.2 Å². The number of amides is 1. The van der Waals surface area contributed by atoms with Crippen LogP contribution in [0.2, 0.25) is 0 Å². The van der Waals surface area contributed by atoms with Crippen LogP contribution in [-0.4, -0.2) is 34.8 Å². The van der Waals surface area contributed by atoms with Crippen molar-refractivity contribution in [3.8, 4) is 0 Å². The summed E-state index contributed by atoms with van der Waals surface area (Å²) in [5.74, 6) is 0.132. The minimum Gasteiger partial charge on any atom is -0.445 e. The van der Waals surface area contributed by atoms with Crippen LogP contribution in [0.3, 0.4) is 0 Å². The molecule has 4 heteroatoms. The van der Waals surface area contributed by atoms with Gasteiger partial charge in [-0.2, -0.15) is 0 Å². The summed E-state index contributed by atoms with van der Waals surface area (Å²) in [4.78, 5) is 13.7. The first-order valence-electron chi connectivity index (χ1n) is 7.19. The predicted molar refractivity (Wildman–Crippen MR) is 77.2 cm³/mol. The molecule has 1 atom stereocenters. The summed E-state index contributed by atoms with van der Waals surface area (Å²) in [6.07, 6.45) is 1.22. The van der Waals surface area contributed by atoms with Gasteiger partial charge in [-0.25, -0.2) is 4.79 Å². The number of carbonyl (C=O) groups is 1. The van der Waals surface area contributed by atoms with Gasteiger partial charge in [0.1, 0.15) is 6.61 Å². The van der Waals surface area contributed by atoms with Crippen LogP contribution in [0.5, 0.6) is 0 Å². The van der Waals surface area contributed by atoms with Crippen LogP contribution in [0.4, 0.5) is 4.79 Å². The molecule has 4 nitrogen and oxygen atoms in total. The molecule has 1 saturated heterocycles. The van der Waals surface area contributed by atoms with Gasteiger partial charge in [0.15, 0.2) is 0 Å². The molecule has 0 radical (unpaired) electrons. The maximum atomic E-state index is 12.1. The molecule has 0 bridgehead atoms. The maximum Gasteiger partial charge on any atom is 0.410 e. The lowest BCUT2D eigenvalue weighted by Gasteiger charge is -2.41. The number of piperidine rings is 1. The standard InChI is InChI=1S/C16H23NO3/c1-13(2)16(19)9-6-10-17(12-16)15(18)20-11-14-7-4-3-5-8-14/h3-5,7-8,13,19H,6,9-12H2,1-2H3. The summed E-state index contributed by atoms with van der Waals surface area (Å²) >= 11 is 0. The Morgan fingerprint density at radius 3 is 2.75 bits per heavy atom. The summed E-state index contributed by atoms with van der Waals surface area (Å²) < 4.78 is 5.32. The molecule has 0 aliphatic carbocycles. The third-order valence-electron chi connectivity index (χ3n) is 4.04. The Hall–Kier alpha value is -1.55. The van der Waals surface area contributed by atoms with Gasteiger partial charge in [-0.05, 0) is 24.3 Å². The van der Waals surface area contributed by atoms with Gasteiger partial charge in [-0.1, -0.05) is 44.2 Å². The quantitative estimate of drug-likeness (QED) is 0.924. The van der Waals surface area contributed by atoms with Gasteiger partial charge in [0, 0.05) is 6.54 Å². The van der Waals surface area contributed by atoms with E-state index in [9.17, 15) is 9.90 Å². The molecule has 1 aliphatic rings. The molecule has 1 aromatic rings. The van der Waals surface area contributed by atoms with Crippen molar-refractivity contribution in [3.05, 3.63) is 35.9 Å². The smallest absolute Gasteiger partial charge is 0.410 e. The van der Waals surface area contributed by atoms with E-state index in [1.165, 1.54) is 0 Å². The largest absolute Gasteiger partial charge is 0.445 e. The zero-order valence-electron chi connectivity index (χ0n) is 12.2. The first-order valence-corrected chi connectivity index (χ1v) is 7.19. The molecule has 0 spiro atoms. The van der Waals surface area contributed by atoms with Gasteiger partial charge in [-0.3, -0.25) is 0 Å². The van der Waals surface area contributed by atoms with E-state index in [0.29, 0.717) is 13.1 Å². The molecule has 2 rings (SSSR count). The topological polar surface area (TPSA) is 49.8 Å². The Labute approximate surface area is 120 Å². The molecule has 0 aromatic heterocycles. The fraction of sp³-hybridized carbons (Fsp3) is 0.562. The first kappa shape index (κ1) is 14.9. The molecule has 110 valence electrons. The van der Waals surface area contributed by atoms with Crippen LogP contribution in [-0.2, 0) is 11.3 Å². The van der Waals surface area contributed by atoms with Crippen molar-refractivity contribution in [1.82, 2.24) is 4.90 Å². The number of β-amino-alcohol motifs (C(OH)–C–C–N with tert-alkyl or cyclic N) is 1. The first-order chi connectivity index (χ1) is 9.51. The number of likely N-dealkylation sites (tertiary alicyclic amines) is 1. The van der Waals surface area contributed by atoms with Crippen molar-refractivity contribution in [1.29, 1.82) is 0 Å². The average Bonchev–Trinajstić information content (AvgIpc) is 2.46. The molecule has 1 fully saturated rings. The maximum absolute atomic E-state index is 12.1. The third-order valence-corrected chi connectivity index (χ3v) is 4.04. The van der Waals surface area contributed by atoms with Crippen molar-refractivity contribution in [2.24, 2.45) is 5.92 Å². The summed E-state index contributed by atoms with van der Waals surface area (Å²) in [7, 11) is 0. The molecule has 0 saturated carbocycles. The van der Waals surface area contributed by atoms with E-state index in [1.54, 1.807) is 4.90 Å². The average molecular weight is 277 g/mol. The number of ether oxygens (including phenoxy) is 1. The number of hydrogen-bond acceptors (Lipinski definition) is 3. The van der Waals surface area contributed by atoms with Gasteiger partial charge in [0.2, 0.25) is 0 Å². The third kappa shape index (κ3) is 3.51. The van der Waals surface area contributed by atoms with Crippen LogP contribution < -0.4 is 0 Å². The van der Waals surface area contributed by atoms with E-state index in [0.717, 1.165) is 18.4 Å². The number of nitrogens with zero attached hydrogens (tertiary/aromatic N) is 1.